The van der Waals surface area contributed by atoms with Gasteiger partial charge in [-0.05, 0) is 13.0 Å². The molecule has 2 N–H and O–H groups in total. The van der Waals surface area contributed by atoms with Crippen molar-refractivity contribution < 1.29 is 4.74 Å². The van der Waals surface area contributed by atoms with Crippen LogP contribution in [-0.2, 0) is 6.54 Å². The maximum Gasteiger partial charge on any atom is 0.161 e. The number of ether oxygens (including phenoxy) is 1. The summed E-state index contributed by atoms with van der Waals surface area (Å²) in [7, 11) is 1.63. The Kier molecular flexibility index (Phi) is 3.58. The van der Waals surface area contributed by atoms with Crippen LogP contribution in [0.25, 0.3) is 10.9 Å². The van der Waals surface area contributed by atoms with Crippen molar-refractivity contribution in [2.24, 2.45) is 5.73 Å². The summed E-state index contributed by atoms with van der Waals surface area (Å²) in [5, 5.41) is 5.40. The van der Waals surface area contributed by atoms with Gasteiger partial charge in [0.25, 0.3) is 0 Å². The van der Waals surface area contributed by atoms with Crippen molar-refractivity contribution in [2.45, 2.75) is 19.5 Å². The Hall–Kier alpha value is -2.40. The largest absolute Gasteiger partial charge is 0.493 e. The zero-order valence-corrected chi connectivity index (χ0v) is 12.2. The minimum absolute atomic E-state index is 0.332. The van der Waals surface area contributed by atoms with Crippen LogP contribution in [0.1, 0.15) is 24.2 Å². The highest BCUT2D eigenvalue weighted by atomic mass is 16.5. The van der Waals surface area contributed by atoms with E-state index in [1.165, 1.54) is 0 Å². The highest BCUT2D eigenvalue weighted by Crippen LogP contribution is 2.31. The lowest BCUT2D eigenvalue weighted by atomic mass is 10.0. The third-order valence-corrected chi connectivity index (χ3v) is 3.66. The van der Waals surface area contributed by atoms with E-state index in [1.54, 1.807) is 19.5 Å². The molecule has 0 saturated heterocycles. The molecule has 0 aliphatic rings. The molecule has 2 aromatic heterocycles. The maximum atomic E-state index is 6.50. The fourth-order valence-corrected chi connectivity index (χ4v) is 2.63. The van der Waals surface area contributed by atoms with Crippen molar-refractivity contribution in [3.8, 4) is 5.75 Å². The van der Waals surface area contributed by atoms with Crippen molar-refractivity contribution in [3.05, 3.63) is 54.0 Å². The molecule has 0 saturated carbocycles. The second-order valence-electron chi connectivity index (χ2n) is 4.81. The molecule has 1 unspecified atom stereocenters. The van der Waals surface area contributed by atoms with Gasteiger partial charge in [-0.1, -0.05) is 24.3 Å². The Morgan fingerprint density at radius 1 is 1.29 bits per heavy atom. The number of aryl methyl sites for hydroxylation is 1. The Morgan fingerprint density at radius 2 is 2.10 bits per heavy atom. The van der Waals surface area contributed by atoms with E-state index in [0.717, 1.165) is 28.7 Å². The third-order valence-electron chi connectivity index (χ3n) is 3.66. The molecule has 5 nitrogen and oxygen atoms in total. The monoisotopic (exact) mass is 282 g/mol. The number of hydrogen-bond donors (Lipinski definition) is 1. The summed E-state index contributed by atoms with van der Waals surface area (Å²) in [6, 6.07) is 9.67. The van der Waals surface area contributed by atoms with Crippen molar-refractivity contribution in [1.82, 2.24) is 14.8 Å². The number of nitrogens with two attached hydrogens (primary N) is 1. The molecule has 1 atom stereocenters. The second-order valence-corrected chi connectivity index (χ2v) is 4.81. The Bertz CT molecular complexity index is 739. The summed E-state index contributed by atoms with van der Waals surface area (Å²) in [5.41, 5.74) is 9.26. The quantitative estimate of drug-likeness (QED) is 0.798. The number of methoxy groups -OCH3 is 1. The standard InChI is InChI=1S/C16H18N4O/c1-3-20-16(13(21-2)10-19-20)14(17)12-8-4-6-11-7-5-9-18-15(11)12/h4-10,14H,3,17H2,1-2H3. The molecule has 3 aromatic rings. The first-order valence-electron chi connectivity index (χ1n) is 6.95. The normalized spacial score (nSPS) is 12.5. The van der Waals surface area contributed by atoms with Crippen LogP contribution in [-0.4, -0.2) is 21.9 Å². The van der Waals surface area contributed by atoms with Crippen LogP contribution in [0.3, 0.4) is 0 Å². The smallest absolute Gasteiger partial charge is 0.161 e. The van der Waals surface area contributed by atoms with E-state index in [2.05, 4.69) is 10.1 Å². The van der Waals surface area contributed by atoms with Crippen molar-refractivity contribution in [3.63, 3.8) is 0 Å². The molecular formula is C16H18N4O. The summed E-state index contributed by atoms with van der Waals surface area (Å²) in [5.74, 6) is 0.706. The van der Waals surface area contributed by atoms with E-state index < -0.39 is 0 Å². The molecule has 21 heavy (non-hydrogen) atoms. The van der Waals surface area contributed by atoms with E-state index in [4.69, 9.17) is 10.5 Å². The highest BCUT2D eigenvalue weighted by molar-refractivity contribution is 5.82. The first-order valence-corrected chi connectivity index (χ1v) is 6.95. The van der Waals surface area contributed by atoms with Crippen molar-refractivity contribution >= 4 is 10.9 Å². The van der Waals surface area contributed by atoms with Crippen LogP contribution >= 0.6 is 0 Å². The average molecular weight is 282 g/mol. The summed E-state index contributed by atoms with van der Waals surface area (Å²) < 4.78 is 7.27. The Morgan fingerprint density at radius 3 is 2.86 bits per heavy atom. The van der Waals surface area contributed by atoms with Gasteiger partial charge in [0.05, 0.1) is 24.9 Å². The molecule has 108 valence electrons. The van der Waals surface area contributed by atoms with E-state index in [1.807, 2.05) is 41.9 Å². The van der Waals surface area contributed by atoms with E-state index in [-0.39, 0.29) is 6.04 Å². The van der Waals surface area contributed by atoms with Gasteiger partial charge in [-0.15, -0.1) is 0 Å². The summed E-state index contributed by atoms with van der Waals surface area (Å²) >= 11 is 0. The molecular weight excluding hydrogens is 264 g/mol. The number of nitrogens with zero attached hydrogens (tertiary/aromatic N) is 3. The zero-order chi connectivity index (χ0) is 14.8. The maximum absolute atomic E-state index is 6.50. The molecule has 0 spiro atoms. The fourth-order valence-electron chi connectivity index (χ4n) is 2.63. The van der Waals surface area contributed by atoms with Crippen LogP contribution < -0.4 is 10.5 Å². The van der Waals surface area contributed by atoms with E-state index >= 15 is 0 Å². The molecule has 0 aliphatic carbocycles. The number of para-hydroxylation sites is 1. The van der Waals surface area contributed by atoms with Gasteiger partial charge < -0.3 is 10.5 Å². The zero-order valence-electron chi connectivity index (χ0n) is 12.2. The van der Waals surface area contributed by atoms with Crippen LogP contribution in [0.2, 0.25) is 0 Å². The minimum Gasteiger partial charge on any atom is -0.493 e. The van der Waals surface area contributed by atoms with Gasteiger partial charge >= 0.3 is 0 Å². The Labute approximate surface area is 123 Å². The molecule has 0 amide bonds. The van der Waals surface area contributed by atoms with Gasteiger partial charge in [-0.2, -0.15) is 5.10 Å². The van der Waals surface area contributed by atoms with Gasteiger partial charge in [-0.3, -0.25) is 9.67 Å². The summed E-state index contributed by atoms with van der Waals surface area (Å²) in [4.78, 5) is 4.47. The number of fused-ring (bicyclic) bond motifs is 1. The molecule has 2 heterocycles. The fraction of sp³-hybridized carbons (Fsp3) is 0.250. The van der Waals surface area contributed by atoms with Gasteiger partial charge in [0.15, 0.2) is 5.75 Å². The molecule has 1 aromatic carbocycles. The van der Waals surface area contributed by atoms with Crippen LogP contribution in [0.4, 0.5) is 0 Å². The molecule has 0 aliphatic heterocycles. The number of aromatic nitrogens is 3. The lowest BCUT2D eigenvalue weighted by molar-refractivity contribution is 0.405. The summed E-state index contributed by atoms with van der Waals surface area (Å²) in [6.07, 6.45) is 3.49. The number of benzene rings is 1. The predicted octanol–water partition coefficient (Wildman–Crippen LogP) is 2.51. The first kappa shape index (κ1) is 13.6. The number of hydrogen-bond acceptors (Lipinski definition) is 4. The topological polar surface area (TPSA) is 66.0 Å². The predicted molar refractivity (Wildman–Crippen MR) is 82.2 cm³/mol. The average Bonchev–Trinajstić information content (AvgIpc) is 2.96. The molecule has 0 radical (unpaired) electrons. The number of rotatable bonds is 4. The lowest BCUT2D eigenvalue weighted by Gasteiger charge is -2.17. The second kappa shape index (κ2) is 5.54. The highest BCUT2D eigenvalue weighted by Gasteiger charge is 2.21. The van der Waals surface area contributed by atoms with Gasteiger partial charge in [0, 0.05) is 23.7 Å². The van der Waals surface area contributed by atoms with Crippen molar-refractivity contribution in [1.29, 1.82) is 0 Å². The SMILES string of the molecule is CCn1ncc(OC)c1C(N)c1cccc2cccnc12. The molecule has 0 bridgehead atoms. The number of pyridine rings is 1. The molecule has 5 heteroatoms. The molecule has 0 fully saturated rings. The van der Waals surface area contributed by atoms with Crippen LogP contribution in [0.5, 0.6) is 5.75 Å². The van der Waals surface area contributed by atoms with Crippen molar-refractivity contribution in [2.75, 3.05) is 7.11 Å². The first-order chi connectivity index (χ1) is 10.3. The van der Waals surface area contributed by atoms with Gasteiger partial charge in [-0.25, -0.2) is 0 Å². The lowest BCUT2D eigenvalue weighted by Crippen LogP contribution is -2.18. The Balaban J connectivity index is 2.17. The minimum atomic E-state index is -0.332. The van der Waals surface area contributed by atoms with Crippen LogP contribution in [0.15, 0.2) is 42.7 Å². The van der Waals surface area contributed by atoms with E-state index in [0.29, 0.717) is 5.75 Å². The van der Waals surface area contributed by atoms with Gasteiger partial charge in [0.1, 0.15) is 5.69 Å². The third kappa shape index (κ3) is 2.25. The van der Waals surface area contributed by atoms with Crippen LogP contribution in [0, 0.1) is 0 Å². The van der Waals surface area contributed by atoms with E-state index in [9.17, 15) is 0 Å². The summed E-state index contributed by atoms with van der Waals surface area (Å²) in [6.45, 7) is 2.77. The molecule has 3 rings (SSSR count). The van der Waals surface area contributed by atoms with Gasteiger partial charge in [0.2, 0.25) is 0 Å².